The van der Waals surface area contributed by atoms with Crippen molar-refractivity contribution < 1.29 is 9.47 Å². The summed E-state index contributed by atoms with van der Waals surface area (Å²) in [6.45, 7) is 8.66. The molecule has 1 heterocycles. The Balaban J connectivity index is 1.96. The monoisotopic (exact) mass is 356 g/mol. The van der Waals surface area contributed by atoms with Crippen molar-refractivity contribution in [3.8, 4) is 17.4 Å². The van der Waals surface area contributed by atoms with E-state index in [0.29, 0.717) is 24.1 Å². The van der Waals surface area contributed by atoms with Crippen molar-refractivity contribution in [2.24, 2.45) is 10.9 Å². The maximum Gasteiger partial charge on any atom is 0.219 e. The van der Waals surface area contributed by atoms with Crippen LogP contribution >= 0.6 is 0 Å². The van der Waals surface area contributed by atoms with E-state index < -0.39 is 0 Å². The number of methoxy groups -OCH3 is 1. The quantitative estimate of drug-likeness (QED) is 0.559. The van der Waals surface area contributed by atoms with Crippen LogP contribution in [-0.4, -0.2) is 31.1 Å². The number of pyridine rings is 1. The Bertz CT molecular complexity index is 699. The normalized spacial score (nSPS) is 11.3. The SMILES string of the molecule is CCNC(=NCc1ccc(Oc2cccc(OC)c2)nc1)NCC(C)C. The molecule has 0 aliphatic carbocycles. The van der Waals surface area contributed by atoms with E-state index in [9.17, 15) is 0 Å². The van der Waals surface area contributed by atoms with Crippen molar-refractivity contribution in [1.82, 2.24) is 15.6 Å². The molecule has 0 bridgehead atoms. The molecule has 0 unspecified atom stereocenters. The van der Waals surface area contributed by atoms with Crippen LogP contribution in [0.3, 0.4) is 0 Å². The predicted molar refractivity (Wildman–Crippen MR) is 105 cm³/mol. The lowest BCUT2D eigenvalue weighted by molar-refractivity contribution is 0.407. The highest BCUT2D eigenvalue weighted by Gasteiger charge is 2.02. The van der Waals surface area contributed by atoms with Crippen LogP contribution in [0.2, 0.25) is 0 Å². The van der Waals surface area contributed by atoms with E-state index in [4.69, 9.17) is 9.47 Å². The third-order valence-electron chi connectivity index (χ3n) is 3.50. The van der Waals surface area contributed by atoms with Crippen molar-refractivity contribution in [3.63, 3.8) is 0 Å². The van der Waals surface area contributed by atoms with Crippen LogP contribution in [0.4, 0.5) is 0 Å². The Morgan fingerprint density at radius 1 is 1.15 bits per heavy atom. The first-order valence-corrected chi connectivity index (χ1v) is 8.89. The summed E-state index contributed by atoms with van der Waals surface area (Å²) in [5.74, 6) is 3.36. The zero-order chi connectivity index (χ0) is 18.8. The summed E-state index contributed by atoms with van der Waals surface area (Å²) in [6, 6.07) is 11.3. The van der Waals surface area contributed by atoms with E-state index >= 15 is 0 Å². The molecule has 1 aromatic carbocycles. The van der Waals surface area contributed by atoms with Crippen LogP contribution in [0.5, 0.6) is 17.4 Å². The van der Waals surface area contributed by atoms with Crippen LogP contribution < -0.4 is 20.1 Å². The minimum absolute atomic E-state index is 0.538. The van der Waals surface area contributed by atoms with Gasteiger partial charge < -0.3 is 20.1 Å². The summed E-state index contributed by atoms with van der Waals surface area (Å²) in [5, 5.41) is 6.57. The van der Waals surface area contributed by atoms with Crippen molar-refractivity contribution in [1.29, 1.82) is 0 Å². The first kappa shape index (κ1) is 19.6. The summed E-state index contributed by atoms with van der Waals surface area (Å²) < 4.78 is 10.9. The molecule has 0 amide bonds. The Labute approximate surface area is 155 Å². The Morgan fingerprint density at radius 2 is 1.96 bits per heavy atom. The third kappa shape index (κ3) is 6.63. The van der Waals surface area contributed by atoms with Gasteiger partial charge in [0, 0.05) is 31.4 Å². The van der Waals surface area contributed by atoms with E-state index in [1.165, 1.54) is 0 Å². The van der Waals surface area contributed by atoms with E-state index in [0.717, 1.165) is 30.4 Å². The molecule has 0 spiro atoms. The van der Waals surface area contributed by atoms with Gasteiger partial charge in [0.05, 0.1) is 13.7 Å². The van der Waals surface area contributed by atoms with E-state index in [2.05, 4.69) is 41.4 Å². The van der Waals surface area contributed by atoms with Gasteiger partial charge in [-0.1, -0.05) is 26.0 Å². The summed E-state index contributed by atoms with van der Waals surface area (Å²) in [6.07, 6.45) is 1.78. The maximum atomic E-state index is 5.75. The third-order valence-corrected chi connectivity index (χ3v) is 3.50. The molecule has 2 aromatic rings. The number of rotatable bonds is 8. The number of aromatic nitrogens is 1. The molecular formula is C20H28N4O2. The minimum atomic E-state index is 0.538. The lowest BCUT2D eigenvalue weighted by Crippen LogP contribution is -2.39. The molecule has 140 valence electrons. The van der Waals surface area contributed by atoms with Crippen LogP contribution in [0.25, 0.3) is 0 Å². The average Bonchev–Trinajstić information content (AvgIpc) is 2.65. The van der Waals surface area contributed by atoms with Gasteiger partial charge in [0.15, 0.2) is 5.96 Å². The zero-order valence-electron chi connectivity index (χ0n) is 16.0. The number of benzene rings is 1. The molecule has 6 nitrogen and oxygen atoms in total. The van der Waals surface area contributed by atoms with Gasteiger partial charge in [-0.15, -0.1) is 0 Å². The lowest BCUT2D eigenvalue weighted by Gasteiger charge is -2.13. The van der Waals surface area contributed by atoms with Crippen molar-refractivity contribution in [2.75, 3.05) is 20.2 Å². The second kappa shape index (κ2) is 10.3. The number of nitrogens with one attached hydrogen (secondary N) is 2. The van der Waals surface area contributed by atoms with Crippen molar-refractivity contribution >= 4 is 5.96 Å². The molecule has 0 saturated heterocycles. The second-order valence-electron chi connectivity index (χ2n) is 6.26. The highest BCUT2D eigenvalue weighted by molar-refractivity contribution is 5.79. The maximum absolute atomic E-state index is 5.75. The molecule has 2 N–H and O–H groups in total. The topological polar surface area (TPSA) is 67.8 Å². The van der Waals surface area contributed by atoms with Crippen LogP contribution in [-0.2, 0) is 6.54 Å². The predicted octanol–water partition coefficient (Wildman–Crippen LogP) is 3.59. The van der Waals surface area contributed by atoms with Gasteiger partial charge in [-0.3, -0.25) is 0 Å². The second-order valence-corrected chi connectivity index (χ2v) is 6.26. The fraction of sp³-hybridized carbons (Fsp3) is 0.400. The van der Waals surface area contributed by atoms with E-state index in [1.807, 2.05) is 36.4 Å². The van der Waals surface area contributed by atoms with Crippen LogP contribution in [0.1, 0.15) is 26.3 Å². The fourth-order valence-electron chi connectivity index (χ4n) is 2.16. The molecule has 2 rings (SSSR count). The van der Waals surface area contributed by atoms with E-state index in [1.54, 1.807) is 13.3 Å². The van der Waals surface area contributed by atoms with Gasteiger partial charge >= 0.3 is 0 Å². The van der Waals surface area contributed by atoms with Crippen LogP contribution in [0.15, 0.2) is 47.6 Å². The Kier molecular flexibility index (Phi) is 7.74. The van der Waals surface area contributed by atoms with Crippen molar-refractivity contribution in [3.05, 3.63) is 48.2 Å². The Hall–Kier alpha value is -2.76. The number of hydrogen-bond donors (Lipinski definition) is 2. The molecule has 0 aliphatic heterocycles. The molecule has 0 aliphatic rings. The summed E-state index contributed by atoms with van der Waals surface area (Å²) in [5.41, 5.74) is 1.02. The average molecular weight is 356 g/mol. The molecule has 0 atom stereocenters. The standard InChI is InChI=1S/C20H28N4O2/c1-5-21-20(23-12-15(2)3)24-14-16-9-10-19(22-13-16)26-18-8-6-7-17(11-18)25-4/h6-11,13,15H,5,12,14H2,1-4H3,(H2,21,23,24). The number of hydrogen-bond acceptors (Lipinski definition) is 4. The molecular weight excluding hydrogens is 328 g/mol. The highest BCUT2D eigenvalue weighted by atomic mass is 16.5. The smallest absolute Gasteiger partial charge is 0.219 e. The largest absolute Gasteiger partial charge is 0.497 e. The fourth-order valence-corrected chi connectivity index (χ4v) is 2.16. The van der Waals surface area contributed by atoms with Crippen molar-refractivity contribution in [2.45, 2.75) is 27.3 Å². The summed E-state index contributed by atoms with van der Waals surface area (Å²) >= 11 is 0. The molecule has 0 fully saturated rings. The van der Waals surface area contributed by atoms with Gasteiger partial charge in [0.1, 0.15) is 11.5 Å². The molecule has 0 radical (unpaired) electrons. The first-order valence-electron chi connectivity index (χ1n) is 8.89. The van der Waals surface area contributed by atoms with E-state index in [-0.39, 0.29) is 0 Å². The summed E-state index contributed by atoms with van der Waals surface area (Å²) in [4.78, 5) is 8.94. The molecule has 0 saturated carbocycles. The number of aliphatic imine (C=N–C) groups is 1. The van der Waals surface area contributed by atoms with Gasteiger partial charge in [0.2, 0.25) is 5.88 Å². The molecule has 1 aromatic heterocycles. The first-order chi connectivity index (χ1) is 12.6. The lowest BCUT2D eigenvalue weighted by atomic mass is 10.2. The number of ether oxygens (including phenoxy) is 2. The molecule has 6 heteroatoms. The van der Waals surface area contributed by atoms with Gasteiger partial charge in [-0.25, -0.2) is 9.98 Å². The van der Waals surface area contributed by atoms with Gasteiger partial charge in [-0.2, -0.15) is 0 Å². The van der Waals surface area contributed by atoms with Gasteiger partial charge in [-0.05, 0) is 30.5 Å². The highest BCUT2D eigenvalue weighted by Crippen LogP contribution is 2.23. The number of guanidine groups is 1. The van der Waals surface area contributed by atoms with Crippen LogP contribution in [0, 0.1) is 5.92 Å². The number of nitrogens with zero attached hydrogens (tertiary/aromatic N) is 2. The summed E-state index contributed by atoms with van der Waals surface area (Å²) in [7, 11) is 1.63. The molecule has 26 heavy (non-hydrogen) atoms. The Morgan fingerprint density at radius 3 is 2.62 bits per heavy atom. The zero-order valence-corrected chi connectivity index (χ0v) is 16.0. The minimum Gasteiger partial charge on any atom is -0.497 e. The van der Waals surface area contributed by atoms with Gasteiger partial charge in [0.25, 0.3) is 0 Å².